The molecule has 1 amide bonds. The number of nitrogens with two attached hydrogens (primary N) is 1. The number of benzene rings is 1. The van der Waals surface area contributed by atoms with Gasteiger partial charge in [-0.05, 0) is 30.7 Å². The first-order valence-corrected chi connectivity index (χ1v) is 10.2. The first kappa shape index (κ1) is 18.0. The molecule has 2 heterocycles. The predicted molar refractivity (Wildman–Crippen MR) is 102 cm³/mol. The number of nitrogens with one attached hydrogen (secondary N) is 1. The van der Waals surface area contributed by atoms with Crippen LogP contribution in [-0.4, -0.2) is 48.6 Å². The second kappa shape index (κ2) is 8.07. The van der Waals surface area contributed by atoms with Gasteiger partial charge in [-0.15, -0.1) is 0 Å². The molecule has 1 aromatic rings. The van der Waals surface area contributed by atoms with Crippen molar-refractivity contribution < 1.29 is 9.53 Å². The van der Waals surface area contributed by atoms with Gasteiger partial charge in [-0.2, -0.15) is 0 Å². The van der Waals surface area contributed by atoms with Crippen molar-refractivity contribution in [2.24, 2.45) is 11.7 Å². The van der Waals surface area contributed by atoms with E-state index in [1.54, 1.807) is 0 Å². The first-order valence-electron chi connectivity index (χ1n) is 10.2. The zero-order chi connectivity index (χ0) is 17.9. The quantitative estimate of drug-likeness (QED) is 0.867. The van der Waals surface area contributed by atoms with E-state index in [-0.39, 0.29) is 24.1 Å². The van der Waals surface area contributed by atoms with Crippen LogP contribution in [0.15, 0.2) is 30.3 Å². The molecule has 4 rings (SSSR count). The van der Waals surface area contributed by atoms with Crippen molar-refractivity contribution in [2.75, 3.05) is 19.7 Å². The van der Waals surface area contributed by atoms with E-state index < -0.39 is 0 Å². The Morgan fingerprint density at radius 2 is 1.92 bits per heavy atom. The number of hydrogen-bond acceptors (Lipinski definition) is 4. The summed E-state index contributed by atoms with van der Waals surface area (Å²) in [6.07, 6.45) is 7.00. The predicted octanol–water partition coefficient (Wildman–Crippen LogP) is 2.22. The van der Waals surface area contributed by atoms with Gasteiger partial charge in [0.1, 0.15) is 0 Å². The Morgan fingerprint density at radius 3 is 2.69 bits per heavy atom. The third-order valence-corrected chi connectivity index (χ3v) is 6.40. The summed E-state index contributed by atoms with van der Waals surface area (Å²) in [6.45, 7) is 2.54. The lowest BCUT2D eigenvalue weighted by atomic mass is 9.84. The monoisotopic (exact) mass is 357 g/mol. The third kappa shape index (κ3) is 3.95. The van der Waals surface area contributed by atoms with Crippen molar-refractivity contribution >= 4 is 5.91 Å². The van der Waals surface area contributed by atoms with Crippen LogP contribution in [0.25, 0.3) is 0 Å². The maximum Gasteiger partial charge on any atom is 0.237 e. The number of hydrogen-bond donors (Lipinski definition) is 2. The minimum atomic E-state index is -0.346. The fourth-order valence-corrected chi connectivity index (χ4v) is 4.85. The molecule has 2 aliphatic heterocycles. The molecule has 0 unspecified atom stereocenters. The van der Waals surface area contributed by atoms with Crippen LogP contribution in [0.4, 0.5) is 0 Å². The normalized spacial score (nSPS) is 31.3. The molecule has 26 heavy (non-hydrogen) atoms. The van der Waals surface area contributed by atoms with Gasteiger partial charge < -0.3 is 15.8 Å². The second-order valence-corrected chi connectivity index (χ2v) is 8.21. The van der Waals surface area contributed by atoms with Crippen molar-refractivity contribution in [1.82, 2.24) is 10.2 Å². The van der Waals surface area contributed by atoms with E-state index in [0.29, 0.717) is 12.0 Å². The van der Waals surface area contributed by atoms with Gasteiger partial charge >= 0.3 is 0 Å². The zero-order valence-corrected chi connectivity index (χ0v) is 15.5. The maximum absolute atomic E-state index is 12.6. The van der Waals surface area contributed by atoms with E-state index in [0.717, 1.165) is 39.0 Å². The lowest BCUT2D eigenvalue weighted by molar-refractivity contribution is -0.124. The Bertz CT molecular complexity index is 603. The number of carbonyl (C=O) groups excluding carboxylic acids is 1. The number of nitrogens with zero attached hydrogens (tertiary/aromatic N) is 1. The smallest absolute Gasteiger partial charge is 0.237 e. The molecule has 4 atom stereocenters. The Balaban J connectivity index is 1.30. The number of carbonyl (C=O) groups is 1. The summed E-state index contributed by atoms with van der Waals surface area (Å²) >= 11 is 0. The number of rotatable bonds is 4. The lowest BCUT2D eigenvalue weighted by Crippen LogP contribution is -2.50. The van der Waals surface area contributed by atoms with E-state index in [9.17, 15) is 4.79 Å². The fourth-order valence-electron chi connectivity index (χ4n) is 4.85. The van der Waals surface area contributed by atoms with Crippen LogP contribution >= 0.6 is 0 Å². The first-order chi connectivity index (χ1) is 12.7. The summed E-state index contributed by atoms with van der Waals surface area (Å²) in [7, 11) is 0. The highest BCUT2D eigenvalue weighted by Gasteiger charge is 2.39. The van der Waals surface area contributed by atoms with E-state index in [4.69, 9.17) is 10.5 Å². The topological polar surface area (TPSA) is 67.6 Å². The molecule has 0 aromatic heterocycles. The van der Waals surface area contributed by atoms with Crippen molar-refractivity contribution in [3.05, 3.63) is 35.9 Å². The molecular formula is C21H31N3O2. The molecular weight excluding hydrogens is 326 g/mol. The number of ether oxygens (including phenoxy) is 1. The minimum absolute atomic E-state index is 0.0438. The van der Waals surface area contributed by atoms with Gasteiger partial charge in [0.15, 0.2) is 0 Å². The van der Waals surface area contributed by atoms with Crippen LogP contribution < -0.4 is 11.1 Å². The van der Waals surface area contributed by atoms with Crippen LogP contribution in [0.5, 0.6) is 0 Å². The molecule has 0 bridgehead atoms. The molecule has 0 radical (unpaired) electrons. The second-order valence-electron chi connectivity index (χ2n) is 8.21. The molecule has 3 aliphatic rings. The van der Waals surface area contributed by atoms with Gasteiger partial charge in [0.2, 0.25) is 5.91 Å². The van der Waals surface area contributed by atoms with Crippen molar-refractivity contribution in [1.29, 1.82) is 0 Å². The average Bonchev–Trinajstić information content (AvgIpc) is 3.10. The molecule has 5 heteroatoms. The molecule has 2 saturated heterocycles. The number of morpholine rings is 1. The highest BCUT2D eigenvalue weighted by Crippen LogP contribution is 2.30. The Kier molecular flexibility index (Phi) is 5.57. The summed E-state index contributed by atoms with van der Waals surface area (Å²) in [5, 5.41) is 3.23. The Labute approximate surface area is 156 Å². The summed E-state index contributed by atoms with van der Waals surface area (Å²) in [5.74, 6) is 0.404. The lowest BCUT2D eigenvalue weighted by Gasteiger charge is -2.35. The van der Waals surface area contributed by atoms with Gasteiger partial charge in [0.05, 0.1) is 18.8 Å². The third-order valence-electron chi connectivity index (χ3n) is 6.40. The molecule has 1 aromatic carbocycles. The Morgan fingerprint density at radius 1 is 1.15 bits per heavy atom. The van der Waals surface area contributed by atoms with Crippen molar-refractivity contribution in [3.63, 3.8) is 0 Å². The summed E-state index contributed by atoms with van der Waals surface area (Å²) in [6, 6.07) is 10.7. The number of fused-ring (bicyclic) bond motifs is 1. The van der Waals surface area contributed by atoms with Gasteiger partial charge in [-0.3, -0.25) is 9.69 Å². The molecule has 142 valence electrons. The Hall–Kier alpha value is -1.43. The highest BCUT2D eigenvalue weighted by atomic mass is 16.5. The van der Waals surface area contributed by atoms with Crippen molar-refractivity contribution in [2.45, 2.75) is 62.8 Å². The molecule has 0 spiro atoms. The van der Waals surface area contributed by atoms with Gasteiger partial charge in [-0.1, -0.05) is 49.6 Å². The van der Waals surface area contributed by atoms with E-state index in [1.165, 1.54) is 24.8 Å². The fraction of sp³-hybridized carbons (Fsp3) is 0.667. The van der Waals surface area contributed by atoms with Crippen LogP contribution in [0.3, 0.4) is 0 Å². The van der Waals surface area contributed by atoms with Crippen LogP contribution in [0, 0.1) is 5.92 Å². The molecule has 3 N–H and O–H groups in total. The van der Waals surface area contributed by atoms with Gasteiger partial charge in [-0.25, -0.2) is 0 Å². The summed E-state index contributed by atoms with van der Waals surface area (Å²) < 4.78 is 6.09. The molecule has 5 nitrogen and oxygen atoms in total. The SMILES string of the molecule is N[C@H](C(=O)N[C@@H]1C[C@H]2CO[C@@H](c3ccccc3)CN2C1)C1CCCCC1. The molecule has 1 aliphatic carbocycles. The van der Waals surface area contributed by atoms with Crippen molar-refractivity contribution in [3.8, 4) is 0 Å². The summed E-state index contributed by atoms with van der Waals surface area (Å²) in [5.41, 5.74) is 7.50. The maximum atomic E-state index is 12.6. The minimum Gasteiger partial charge on any atom is -0.371 e. The zero-order valence-electron chi connectivity index (χ0n) is 15.5. The average molecular weight is 357 g/mol. The van der Waals surface area contributed by atoms with E-state index in [2.05, 4.69) is 34.5 Å². The van der Waals surface area contributed by atoms with Gasteiger partial charge in [0.25, 0.3) is 0 Å². The highest BCUT2D eigenvalue weighted by molar-refractivity contribution is 5.82. The van der Waals surface area contributed by atoms with Crippen LogP contribution in [0.2, 0.25) is 0 Å². The molecule has 1 saturated carbocycles. The largest absolute Gasteiger partial charge is 0.371 e. The van der Waals surface area contributed by atoms with E-state index >= 15 is 0 Å². The number of amides is 1. The molecule has 3 fully saturated rings. The summed E-state index contributed by atoms with van der Waals surface area (Å²) in [4.78, 5) is 15.1. The van der Waals surface area contributed by atoms with E-state index in [1.807, 2.05) is 6.07 Å². The van der Waals surface area contributed by atoms with Gasteiger partial charge in [0, 0.05) is 25.2 Å². The standard InChI is InChI=1S/C21H31N3O2/c22-20(16-9-5-2-6-10-16)21(25)23-17-11-18-14-26-19(13-24(18)12-17)15-7-3-1-4-8-15/h1,3-4,7-8,16-20H,2,5-6,9-14,22H2,(H,23,25)/t17-,18+,19-,20+/m1/s1. The van der Waals surface area contributed by atoms with Crippen LogP contribution in [0.1, 0.15) is 50.2 Å². The van der Waals surface area contributed by atoms with Crippen LogP contribution in [-0.2, 0) is 9.53 Å².